The van der Waals surface area contributed by atoms with Crippen LogP contribution < -0.4 is 0 Å². The second kappa shape index (κ2) is 7.09. The highest BCUT2D eigenvalue weighted by molar-refractivity contribution is 5.86. The van der Waals surface area contributed by atoms with Crippen LogP contribution in [0.2, 0.25) is 0 Å². The van der Waals surface area contributed by atoms with Crippen molar-refractivity contribution in [2.75, 3.05) is 20.1 Å². The lowest BCUT2D eigenvalue weighted by atomic mass is 9.99. The molecular formula is C19H23N3O3. The first-order valence-electron chi connectivity index (χ1n) is 8.44. The molecule has 1 unspecified atom stereocenters. The first kappa shape index (κ1) is 17.2. The fourth-order valence-corrected chi connectivity index (χ4v) is 3.21. The van der Waals surface area contributed by atoms with E-state index in [1.54, 1.807) is 16.8 Å². The van der Waals surface area contributed by atoms with Crippen molar-refractivity contribution in [2.24, 2.45) is 0 Å². The van der Waals surface area contributed by atoms with E-state index in [1.807, 2.05) is 44.2 Å². The Bertz CT molecular complexity index is 750. The van der Waals surface area contributed by atoms with Crippen molar-refractivity contribution in [3.8, 4) is 0 Å². The van der Waals surface area contributed by atoms with Gasteiger partial charge in [0.2, 0.25) is 11.8 Å². The van der Waals surface area contributed by atoms with E-state index in [0.717, 1.165) is 22.6 Å². The van der Waals surface area contributed by atoms with E-state index < -0.39 is 0 Å². The molecule has 132 valence electrons. The van der Waals surface area contributed by atoms with E-state index >= 15 is 0 Å². The minimum Gasteiger partial charge on any atom is -0.361 e. The topological polar surface area (TPSA) is 66.7 Å². The normalized spacial score (nSPS) is 17.2. The maximum Gasteiger partial charge on any atom is 0.242 e. The number of amides is 2. The molecule has 1 aromatic carbocycles. The molecule has 0 N–H and O–H groups in total. The molecule has 1 aliphatic rings. The molecule has 25 heavy (non-hydrogen) atoms. The summed E-state index contributed by atoms with van der Waals surface area (Å²) < 4.78 is 5.14. The average molecular weight is 341 g/mol. The number of rotatable bonds is 5. The van der Waals surface area contributed by atoms with Crippen LogP contribution in [-0.2, 0) is 16.1 Å². The molecule has 2 amide bonds. The summed E-state index contributed by atoms with van der Waals surface area (Å²) in [5, 5.41) is 3.91. The first-order chi connectivity index (χ1) is 12.0. The van der Waals surface area contributed by atoms with E-state index in [0.29, 0.717) is 19.5 Å². The molecule has 0 saturated carbocycles. The van der Waals surface area contributed by atoms with Crippen molar-refractivity contribution >= 4 is 11.8 Å². The minimum atomic E-state index is -0.0814. The van der Waals surface area contributed by atoms with Crippen molar-refractivity contribution in [3.05, 3.63) is 52.9 Å². The zero-order valence-electron chi connectivity index (χ0n) is 14.9. The third kappa shape index (κ3) is 3.73. The van der Waals surface area contributed by atoms with Crippen molar-refractivity contribution in [1.82, 2.24) is 15.0 Å². The van der Waals surface area contributed by atoms with Crippen LogP contribution in [0, 0.1) is 13.8 Å². The molecule has 2 aromatic rings. The fraction of sp³-hybridized carbons (Fsp3) is 0.421. The molecule has 0 radical (unpaired) electrons. The number of carbonyl (C=O) groups excluding carboxylic acids is 2. The van der Waals surface area contributed by atoms with Gasteiger partial charge < -0.3 is 14.3 Å². The molecule has 6 nitrogen and oxygen atoms in total. The number of likely N-dealkylation sites (N-methyl/N-ethyl adjacent to an activating group) is 1. The minimum absolute atomic E-state index is 0.0351. The van der Waals surface area contributed by atoms with Gasteiger partial charge in [-0.15, -0.1) is 0 Å². The number of benzene rings is 1. The number of aryl methyl sites for hydroxylation is 2. The number of hydrogen-bond donors (Lipinski definition) is 0. The third-order valence-electron chi connectivity index (χ3n) is 4.81. The fourth-order valence-electron chi connectivity index (χ4n) is 3.21. The second-order valence-corrected chi connectivity index (χ2v) is 6.64. The van der Waals surface area contributed by atoms with Gasteiger partial charge in [0.05, 0.1) is 18.8 Å². The maximum absolute atomic E-state index is 12.5. The lowest BCUT2D eigenvalue weighted by Crippen LogP contribution is -2.39. The van der Waals surface area contributed by atoms with Crippen LogP contribution in [0.1, 0.15) is 34.9 Å². The number of hydrogen-bond acceptors (Lipinski definition) is 4. The standard InChI is InChI=1S/C19H23N3O3/c1-13-17(14(2)25-20-13)11-21(3)19(24)12-22-10-16(9-18(22)23)15-7-5-4-6-8-15/h4-8,16H,9-12H2,1-3H3. The Labute approximate surface area is 147 Å². The molecule has 2 heterocycles. The van der Waals surface area contributed by atoms with Crippen molar-refractivity contribution in [1.29, 1.82) is 0 Å². The molecule has 0 spiro atoms. The molecule has 1 aromatic heterocycles. The summed E-state index contributed by atoms with van der Waals surface area (Å²) in [5.74, 6) is 0.836. The lowest BCUT2D eigenvalue weighted by molar-refractivity contribution is -0.137. The Morgan fingerprint density at radius 1 is 1.32 bits per heavy atom. The molecule has 3 rings (SSSR count). The van der Waals surface area contributed by atoms with Crippen LogP contribution >= 0.6 is 0 Å². The monoisotopic (exact) mass is 341 g/mol. The molecule has 1 aliphatic heterocycles. The first-order valence-corrected chi connectivity index (χ1v) is 8.44. The quantitative estimate of drug-likeness (QED) is 0.837. The van der Waals surface area contributed by atoms with Crippen LogP contribution in [0.4, 0.5) is 0 Å². The Morgan fingerprint density at radius 2 is 2.04 bits per heavy atom. The van der Waals surface area contributed by atoms with E-state index in [2.05, 4.69) is 5.16 Å². The number of aromatic nitrogens is 1. The van der Waals surface area contributed by atoms with Gasteiger partial charge >= 0.3 is 0 Å². The molecule has 1 fully saturated rings. The molecule has 1 saturated heterocycles. The Morgan fingerprint density at radius 3 is 2.68 bits per heavy atom. The smallest absolute Gasteiger partial charge is 0.242 e. The van der Waals surface area contributed by atoms with Crippen LogP contribution in [0.5, 0.6) is 0 Å². The second-order valence-electron chi connectivity index (χ2n) is 6.64. The predicted molar refractivity (Wildman–Crippen MR) is 92.8 cm³/mol. The highest BCUT2D eigenvalue weighted by Gasteiger charge is 2.32. The zero-order chi connectivity index (χ0) is 18.0. The van der Waals surface area contributed by atoms with E-state index in [1.165, 1.54) is 0 Å². The van der Waals surface area contributed by atoms with Crippen LogP contribution in [0.25, 0.3) is 0 Å². The summed E-state index contributed by atoms with van der Waals surface area (Å²) in [4.78, 5) is 28.1. The SMILES string of the molecule is Cc1noc(C)c1CN(C)C(=O)CN1CC(c2ccccc2)CC1=O. The van der Waals surface area contributed by atoms with Crippen molar-refractivity contribution in [3.63, 3.8) is 0 Å². The predicted octanol–water partition coefficient (Wildman–Crippen LogP) is 2.27. The Kier molecular flexibility index (Phi) is 4.88. The zero-order valence-corrected chi connectivity index (χ0v) is 14.9. The summed E-state index contributed by atoms with van der Waals surface area (Å²) in [7, 11) is 1.74. The van der Waals surface area contributed by atoms with Crippen LogP contribution in [-0.4, -0.2) is 46.9 Å². The lowest BCUT2D eigenvalue weighted by Gasteiger charge is -2.22. The molecule has 0 bridgehead atoms. The molecular weight excluding hydrogens is 318 g/mol. The Hall–Kier alpha value is -2.63. The summed E-state index contributed by atoms with van der Waals surface area (Å²) in [6.45, 7) is 4.83. The summed E-state index contributed by atoms with van der Waals surface area (Å²) in [6.07, 6.45) is 0.463. The van der Waals surface area contributed by atoms with Gasteiger partial charge in [0.15, 0.2) is 0 Å². The maximum atomic E-state index is 12.5. The molecule has 0 aliphatic carbocycles. The number of carbonyl (C=O) groups is 2. The summed E-state index contributed by atoms with van der Waals surface area (Å²) in [6, 6.07) is 9.99. The highest BCUT2D eigenvalue weighted by Crippen LogP contribution is 2.27. The van der Waals surface area contributed by atoms with E-state index in [4.69, 9.17) is 4.52 Å². The molecule has 6 heteroatoms. The van der Waals surface area contributed by atoms with E-state index in [9.17, 15) is 9.59 Å². The van der Waals surface area contributed by atoms with E-state index in [-0.39, 0.29) is 24.3 Å². The number of likely N-dealkylation sites (tertiary alicyclic amines) is 1. The van der Waals surface area contributed by atoms with Gasteiger partial charge in [-0.25, -0.2) is 0 Å². The molecule has 1 atom stereocenters. The van der Waals surface area contributed by atoms with Gasteiger partial charge in [-0.2, -0.15) is 0 Å². The van der Waals surface area contributed by atoms with Crippen LogP contribution in [0.3, 0.4) is 0 Å². The summed E-state index contributed by atoms with van der Waals surface area (Å²) in [5.41, 5.74) is 2.86. The third-order valence-corrected chi connectivity index (χ3v) is 4.81. The van der Waals surface area contributed by atoms with Gasteiger partial charge in [-0.3, -0.25) is 9.59 Å². The van der Waals surface area contributed by atoms with Gasteiger partial charge in [0.1, 0.15) is 5.76 Å². The van der Waals surface area contributed by atoms with Gasteiger partial charge in [-0.05, 0) is 19.4 Å². The largest absolute Gasteiger partial charge is 0.361 e. The average Bonchev–Trinajstić information content (AvgIpc) is 3.12. The van der Waals surface area contributed by atoms with Gasteiger partial charge in [-0.1, -0.05) is 35.5 Å². The van der Waals surface area contributed by atoms with Crippen molar-refractivity contribution < 1.29 is 14.1 Å². The Balaban J connectivity index is 1.60. The van der Waals surface area contributed by atoms with Gasteiger partial charge in [0.25, 0.3) is 0 Å². The van der Waals surface area contributed by atoms with Gasteiger partial charge in [0, 0.05) is 31.5 Å². The highest BCUT2D eigenvalue weighted by atomic mass is 16.5. The van der Waals surface area contributed by atoms with Crippen LogP contribution in [0.15, 0.2) is 34.9 Å². The number of nitrogens with zero attached hydrogens (tertiary/aromatic N) is 3. The van der Waals surface area contributed by atoms with Crippen molar-refractivity contribution in [2.45, 2.75) is 32.7 Å². The summed E-state index contributed by atoms with van der Waals surface area (Å²) >= 11 is 0.